The molecule has 0 unspecified atom stereocenters. The number of benzene rings is 11. The zero-order chi connectivity index (χ0) is 43.3. The van der Waals surface area contributed by atoms with Gasteiger partial charge in [-0.15, -0.1) is 11.3 Å². The number of hydrogen-bond donors (Lipinski definition) is 0. The predicted molar refractivity (Wildman–Crippen MR) is 282 cm³/mol. The Hall–Kier alpha value is -8.44. The van der Waals surface area contributed by atoms with Gasteiger partial charge in [0.1, 0.15) is 11.2 Å². The molecule has 14 rings (SSSR count). The van der Waals surface area contributed by atoms with Crippen LogP contribution in [0.4, 0.5) is 17.1 Å². The lowest BCUT2D eigenvalue weighted by atomic mass is 9.91. The highest BCUT2D eigenvalue weighted by atomic mass is 32.1. The van der Waals surface area contributed by atoms with Gasteiger partial charge in [0.2, 0.25) is 0 Å². The van der Waals surface area contributed by atoms with E-state index < -0.39 is 0 Å². The van der Waals surface area contributed by atoms with Gasteiger partial charge in [0.25, 0.3) is 0 Å². The van der Waals surface area contributed by atoms with E-state index in [1.165, 1.54) is 80.2 Å². The monoisotopic (exact) mass is 858 g/mol. The summed E-state index contributed by atoms with van der Waals surface area (Å²) in [4.78, 5) is 2.48. The predicted octanol–water partition coefficient (Wildman–Crippen LogP) is 18.2. The molecular weight excluding hydrogens is 821 g/mol. The summed E-state index contributed by atoms with van der Waals surface area (Å²) in [6, 6.07) is 84.2. The molecule has 308 valence electrons. The highest BCUT2D eigenvalue weighted by Gasteiger charge is 2.23. The Labute approximate surface area is 384 Å². The van der Waals surface area contributed by atoms with Gasteiger partial charge in [-0.25, -0.2) is 0 Å². The number of aromatic nitrogens is 1. The molecule has 0 bridgehead atoms. The van der Waals surface area contributed by atoms with Crippen LogP contribution >= 0.6 is 11.3 Å². The molecule has 11 aromatic carbocycles. The van der Waals surface area contributed by atoms with Crippen LogP contribution in [0.15, 0.2) is 235 Å². The molecular formula is C62H38N2OS. The lowest BCUT2D eigenvalue weighted by Gasteiger charge is -2.29. The van der Waals surface area contributed by atoms with E-state index in [1.807, 2.05) is 17.4 Å². The number of rotatable bonds is 6. The van der Waals surface area contributed by atoms with Crippen molar-refractivity contribution in [3.05, 3.63) is 231 Å². The summed E-state index contributed by atoms with van der Waals surface area (Å²) in [6.45, 7) is 0. The Bertz CT molecular complexity index is 4180. The van der Waals surface area contributed by atoms with Crippen LogP contribution < -0.4 is 4.90 Å². The van der Waals surface area contributed by atoms with Gasteiger partial charge in [-0.05, 0) is 123 Å². The van der Waals surface area contributed by atoms with Crippen molar-refractivity contribution in [3.63, 3.8) is 0 Å². The van der Waals surface area contributed by atoms with Gasteiger partial charge < -0.3 is 13.9 Å². The van der Waals surface area contributed by atoms with E-state index in [2.05, 4.69) is 234 Å². The summed E-state index contributed by atoms with van der Waals surface area (Å²) in [5, 5.41) is 12.2. The van der Waals surface area contributed by atoms with Crippen molar-refractivity contribution in [2.45, 2.75) is 0 Å². The second-order valence-electron chi connectivity index (χ2n) is 17.2. The zero-order valence-corrected chi connectivity index (χ0v) is 36.5. The molecule has 0 saturated heterocycles. The minimum atomic E-state index is 0.902. The van der Waals surface area contributed by atoms with Crippen LogP contribution in [-0.4, -0.2) is 4.57 Å². The van der Waals surface area contributed by atoms with Crippen LogP contribution in [0.3, 0.4) is 0 Å². The Morgan fingerprint density at radius 3 is 1.86 bits per heavy atom. The molecule has 3 nitrogen and oxygen atoms in total. The number of fused-ring (bicyclic) bond motifs is 12. The first-order chi connectivity index (χ1) is 32.7. The first kappa shape index (κ1) is 37.0. The molecule has 4 heteroatoms. The minimum Gasteiger partial charge on any atom is -0.456 e. The Kier molecular flexibility index (Phi) is 8.15. The number of furan rings is 1. The highest BCUT2D eigenvalue weighted by molar-refractivity contribution is 7.26. The Balaban J connectivity index is 1.02. The molecule has 66 heavy (non-hydrogen) atoms. The molecule has 0 amide bonds. The van der Waals surface area contributed by atoms with E-state index in [-0.39, 0.29) is 0 Å². The molecule has 0 aliphatic rings. The largest absolute Gasteiger partial charge is 0.456 e. The smallest absolute Gasteiger partial charge is 0.136 e. The van der Waals surface area contributed by atoms with Gasteiger partial charge in [0.15, 0.2) is 0 Å². The maximum Gasteiger partial charge on any atom is 0.136 e. The van der Waals surface area contributed by atoms with E-state index in [0.29, 0.717) is 0 Å². The van der Waals surface area contributed by atoms with Gasteiger partial charge >= 0.3 is 0 Å². The summed E-state index contributed by atoms with van der Waals surface area (Å²) < 4.78 is 11.3. The van der Waals surface area contributed by atoms with Crippen molar-refractivity contribution in [1.29, 1.82) is 0 Å². The third-order valence-electron chi connectivity index (χ3n) is 13.6. The van der Waals surface area contributed by atoms with E-state index >= 15 is 0 Å². The van der Waals surface area contributed by atoms with Crippen molar-refractivity contribution in [1.82, 2.24) is 4.57 Å². The zero-order valence-electron chi connectivity index (χ0n) is 35.7. The quantitative estimate of drug-likeness (QED) is 0.155. The van der Waals surface area contributed by atoms with Gasteiger partial charge in [-0.3, -0.25) is 0 Å². The number of hydrogen-bond acceptors (Lipinski definition) is 3. The fraction of sp³-hybridized carbons (Fsp3) is 0. The second kappa shape index (κ2) is 14.5. The van der Waals surface area contributed by atoms with E-state index in [4.69, 9.17) is 4.42 Å². The van der Waals surface area contributed by atoms with Gasteiger partial charge in [0, 0.05) is 64.3 Å². The van der Waals surface area contributed by atoms with Gasteiger partial charge in [0.05, 0.1) is 16.7 Å². The third-order valence-corrected chi connectivity index (χ3v) is 14.7. The lowest BCUT2D eigenvalue weighted by molar-refractivity contribution is 0.669. The van der Waals surface area contributed by atoms with Crippen molar-refractivity contribution < 1.29 is 4.42 Å². The number of nitrogens with zero attached hydrogens (tertiary/aromatic N) is 2. The van der Waals surface area contributed by atoms with Crippen molar-refractivity contribution >= 4 is 114 Å². The lowest BCUT2D eigenvalue weighted by Crippen LogP contribution is -2.12. The van der Waals surface area contributed by atoms with Crippen molar-refractivity contribution in [3.8, 4) is 27.9 Å². The average molecular weight is 859 g/mol. The molecule has 0 aliphatic carbocycles. The van der Waals surface area contributed by atoms with Gasteiger partial charge in [-0.1, -0.05) is 146 Å². The minimum absolute atomic E-state index is 0.902. The molecule has 3 heterocycles. The topological polar surface area (TPSA) is 21.3 Å². The molecule has 14 aromatic rings. The summed E-state index contributed by atoms with van der Waals surface area (Å²) >= 11 is 1.85. The molecule has 0 fully saturated rings. The van der Waals surface area contributed by atoms with Crippen molar-refractivity contribution in [2.75, 3.05) is 4.90 Å². The molecule has 0 aliphatic heterocycles. The maximum absolute atomic E-state index is 6.42. The molecule has 0 saturated carbocycles. The average Bonchev–Trinajstić information content (AvgIpc) is 4.06. The fourth-order valence-corrected chi connectivity index (χ4v) is 11.7. The summed E-state index contributed by atoms with van der Waals surface area (Å²) in [5.41, 5.74) is 13.3. The molecule has 3 aromatic heterocycles. The summed E-state index contributed by atoms with van der Waals surface area (Å²) in [5.74, 6) is 0. The SMILES string of the molecule is c1ccc(-c2c(N(c3ccc(-n4c5ccccc5c5ccccc54)cc3)c3ccc4sc5cccc(-c6ccc7c(c6)oc6ccccc67)c5c4c3)ccc3ccc4ccccc4c23)cc1. The van der Waals surface area contributed by atoms with E-state index in [1.54, 1.807) is 0 Å². The maximum atomic E-state index is 6.42. The van der Waals surface area contributed by atoms with Crippen LogP contribution in [0.5, 0.6) is 0 Å². The highest BCUT2D eigenvalue weighted by Crippen LogP contribution is 2.49. The number of para-hydroxylation sites is 3. The number of thiophene rings is 1. The first-order valence-electron chi connectivity index (χ1n) is 22.5. The molecule has 0 N–H and O–H groups in total. The fourth-order valence-electron chi connectivity index (χ4n) is 10.6. The van der Waals surface area contributed by atoms with E-state index in [9.17, 15) is 0 Å². The Morgan fingerprint density at radius 2 is 1.05 bits per heavy atom. The molecule has 0 spiro atoms. The summed E-state index contributed by atoms with van der Waals surface area (Å²) in [7, 11) is 0. The normalized spacial score (nSPS) is 11.9. The van der Waals surface area contributed by atoms with Crippen LogP contribution in [-0.2, 0) is 0 Å². The van der Waals surface area contributed by atoms with Crippen LogP contribution in [0.2, 0.25) is 0 Å². The van der Waals surface area contributed by atoms with Crippen LogP contribution in [0.1, 0.15) is 0 Å². The molecule has 0 atom stereocenters. The number of anilines is 3. The Morgan fingerprint density at radius 1 is 0.379 bits per heavy atom. The molecule has 0 radical (unpaired) electrons. The van der Waals surface area contributed by atoms with Gasteiger partial charge in [-0.2, -0.15) is 0 Å². The van der Waals surface area contributed by atoms with Crippen LogP contribution in [0, 0.1) is 0 Å². The first-order valence-corrected chi connectivity index (χ1v) is 23.3. The van der Waals surface area contributed by atoms with Crippen molar-refractivity contribution in [2.24, 2.45) is 0 Å². The second-order valence-corrected chi connectivity index (χ2v) is 18.3. The third kappa shape index (κ3) is 5.62. The van der Waals surface area contributed by atoms with E-state index in [0.717, 1.165) is 50.3 Å². The summed E-state index contributed by atoms with van der Waals surface area (Å²) in [6.07, 6.45) is 0. The standard InChI is InChI=1S/C62H38N2OS/c1-2-14-40(15-3-1)61-55(35-28-41-26-25-39-13-4-5-16-46(39)60(41)61)63(43-29-31-44(32-30-43)64-53-21-9-6-17-48(53)49-18-7-10-22-54(49)64)45-33-36-58-52(38-45)62-47(20-12-24-59(62)66-58)42-27-34-51-50-19-8-11-23-56(50)65-57(51)37-42/h1-38H. The van der Waals surface area contributed by atoms with Crippen LogP contribution in [0.25, 0.3) is 113 Å².